The summed E-state index contributed by atoms with van der Waals surface area (Å²) in [4.78, 5) is 25.5. The zero-order chi connectivity index (χ0) is 23.4. The van der Waals surface area contributed by atoms with Gasteiger partial charge in [-0.3, -0.25) is 4.79 Å². The molecule has 2 aliphatic rings. The number of carbonyl (C=O) groups is 2. The second-order valence-corrected chi connectivity index (χ2v) is 7.68. The maximum atomic E-state index is 12.0. The van der Waals surface area contributed by atoms with Crippen molar-refractivity contribution in [3.05, 3.63) is 88.2 Å². The van der Waals surface area contributed by atoms with E-state index in [1.165, 1.54) is 6.07 Å². The molecule has 0 bridgehead atoms. The molecule has 1 aliphatic heterocycles. The number of rotatable bonds is 4. The number of nitrogens with two attached hydrogens (primary N) is 2. The third kappa shape index (κ3) is 4.43. The second kappa shape index (κ2) is 9.53. The molecular formula is C25H28N3O4+. The van der Waals surface area contributed by atoms with Gasteiger partial charge in [0.15, 0.2) is 0 Å². The Kier molecular flexibility index (Phi) is 6.80. The summed E-state index contributed by atoms with van der Waals surface area (Å²) >= 11 is 0. The van der Waals surface area contributed by atoms with Gasteiger partial charge in [0, 0.05) is 48.1 Å². The summed E-state index contributed by atoms with van der Waals surface area (Å²) < 4.78 is 6.14. The number of carboxylic acids is 1. The van der Waals surface area contributed by atoms with Crippen molar-refractivity contribution in [3.8, 4) is 5.75 Å². The van der Waals surface area contributed by atoms with Crippen molar-refractivity contribution in [2.24, 2.45) is 5.73 Å². The fraction of sp³-hybridized carbons (Fsp3) is 0.200. The van der Waals surface area contributed by atoms with Gasteiger partial charge < -0.3 is 25.8 Å². The van der Waals surface area contributed by atoms with Gasteiger partial charge in [0.25, 0.3) is 0 Å². The molecule has 1 heterocycles. The fourth-order valence-corrected chi connectivity index (χ4v) is 3.58. The quantitative estimate of drug-likeness (QED) is 0.685. The maximum absolute atomic E-state index is 12.0. The smallest absolute Gasteiger partial charge is 0.336 e. The Morgan fingerprint density at radius 3 is 2.41 bits per heavy atom. The highest BCUT2D eigenvalue weighted by Crippen LogP contribution is 2.45. The largest absolute Gasteiger partial charge is 0.478 e. The number of quaternary nitrogens is 1. The van der Waals surface area contributed by atoms with E-state index in [0.29, 0.717) is 17.1 Å². The van der Waals surface area contributed by atoms with Crippen molar-refractivity contribution in [1.82, 2.24) is 0 Å². The molecule has 0 aromatic heterocycles. The highest BCUT2D eigenvalue weighted by atomic mass is 16.5. The number of hydrogen-bond donors (Lipinski definition) is 3. The first-order chi connectivity index (χ1) is 15.3. The number of primary amides is 1. The Morgan fingerprint density at radius 2 is 1.78 bits per heavy atom. The van der Waals surface area contributed by atoms with Crippen molar-refractivity contribution in [2.45, 2.75) is 6.42 Å². The van der Waals surface area contributed by atoms with Crippen LogP contribution in [0.3, 0.4) is 0 Å². The van der Waals surface area contributed by atoms with E-state index in [1.807, 2.05) is 74.8 Å². The molecular weight excluding hydrogens is 406 g/mol. The van der Waals surface area contributed by atoms with Crippen LogP contribution in [-0.4, -0.2) is 45.2 Å². The molecule has 0 radical (unpaired) electrons. The highest BCUT2D eigenvalue weighted by Gasteiger charge is 2.28. The van der Waals surface area contributed by atoms with E-state index in [4.69, 9.17) is 10.5 Å². The molecule has 0 saturated carbocycles. The normalized spacial score (nSPS) is 13.7. The maximum Gasteiger partial charge on any atom is 0.336 e. The lowest BCUT2D eigenvalue weighted by molar-refractivity contribution is -0.597. The summed E-state index contributed by atoms with van der Waals surface area (Å²) in [6.45, 7) is 0. The Balaban J connectivity index is 0.000000913. The van der Waals surface area contributed by atoms with Gasteiger partial charge in [-0.15, -0.1) is 0 Å². The van der Waals surface area contributed by atoms with Crippen LogP contribution in [0.25, 0.3) is 5.57 Å². The Morgan fingerprint density at radius 1 is 1.09 bits per heavy atom. The minimum Gasteiger partial charge on any atom is -0.478 e. The van der Waals surface area contributed by atoms with E-state index in [9.17, 15) is 14.7 Å². The van der Waals surface area contributed by atoms with E-state index >= 15 is 0 Å². The molecule has 5 N–H and O–H groups in total. The molecule has 7 nitrogen and oxygen atoms in total. The molecule has 0 saturated heterocycles. The SMILES string of the molecule is CN(C)c1ccc2c(c1)OC1=CCC=CC1=C2c1ccc(C(N)=O)cc1C(=O)O.C[NH2+]C. The van der Waals surface area contributed by atoms with Crippen molar-refractivity contribution in [3.63, 3.8) is 0 Å². The molecule has 1 aliphatic carbocycles. The minimum absolute atomic E-state index is 0.0201. The lowest BCUT2D eigenvalue weighted by Gasteiger charge is -2.28. The summed E-state index contributed by atoms with van der Waals surface area (Å²) in [5.41, 5.74) is 9.38. The topological polar surface area (TPSA) is 109 Å². The number of anilines is 1. The number of hydrogen-bond acceptors (Lipinski definition) is 4. The highest BCUT2D eigenvalue weighted by molar-refractivity contribution is 6.03. The number of amides is 1. The zero-order valence-corrected chi connectivity index (χ0v) is 18.7. The summed E-state index contributed by atoms with van der Waals surface area (Å²) in [6.07, 6.45) is 6.65. The number of ether oxygens (including phenoxy) is 1. The Labute approximate surface area is 187 Å². The van der Waals surface area contributed by atoms with Crippen LogP contribution >= 0.6 is 0 Å². The molecule has 2 aromatic carbocycles. The molecule has 0 unspecified atom stereocenters. The number of carboxylic acid groups (broad SMARTS) is 1. The molecule has 7 heteroatoms. The van der Waals surface area contributed by atoms with Crippen molar-refractivity contribution < 1.29 is 24.7 Å². The van der Waals surface area contributed by atoms with Gasteiger partial charge in [0.2, 0.25) is 5.91 Å². The van der Waals surface area contributed by atoms with E-state index in [2.05, 4.69) is 0 Å². The summed E-state index contributed by atoms with van der Waals surface area (Å²) in [5, 5.41) is 11.8. The molecule has 166 valence electrons. The van der Waals surface area contributed by atoms with Gasteiger partial charge in [-0.05, 0) is 42.3 Å². The lowest BCUT2D eigenvalue weighted by atomic mass is 9.85. The first-order valence-corrected chi connectivity index (χ1v) is 10.3. The summed E-state index contributed by atoms with van der Waals surface area (Å²) in [6, 6.07) is 10.3. The van der Waals surface area contributed by atoms with E-state index in [0.717, 1.165) is 28.8 Å². The minimum atomic E-state index is -1.13. The number of allylic oxidation sites excluding steroid dienone is 3. The molecule has 0 fully saturated rings. The van der Waals surface area contributed by atoms with Crippen molar-refractivity contribution >= 4 is 23.1 Å². The molecule has 4 rings (SSSR count). The molecule has 0 atom stereocenters. The van der Waals surface area contributed by atoms with Crippen molar-refractivity contribution in [1.29, 1.82) is 0 Å². The van der Waals surface area contributed by atoms with Gasteiger partial charge in [0.05, 0.1) is 19.7 Å². The second-order valence-electron chi connectivity index (χ2n) is 7.68. The van der Waals surface area contributed by atoms with Crippen LogP contribution in [0, 0.1) is 0 Å². The van der Waals surface area contributed by atoms with Gasteiger partial charge in [-0.1, -0.05) is 18.2 Å². The van der Waals surface area contributed by atoms with Crippen LogP contribution in [0.15, 0.2) is 66.0 Å². The van der Waals surface area contributed by atoms with E-state index in [-0.39, 0.29) is 11.1 Å². The number of benzene rings is 2. The number of nitrogens with zero attached hydrogens (tertiary/aromatic N) is 1. The zero-order valence-electron chi connectivity index (χ0n) is 18.7. The average Bonchev–Trinajstić information content (AvgIpc) is 2.77. The Bertz CT molecular complexity index is 1160. The predicted molar refractivity (Wildman–Crippen MR) is 125 cm³/mol. The lowest BCUT2D eigenvalue weighted by Crippen LogP contribution is -2.74. The molecule has 0 spiro atoms. The van der Waals surface area contributed by atoms with Crippen LogP contribution in [0.5, 0.6) is 5.75 Å². The van der Waals surface area contributed by atoms with Crippen LogP contribution in [0.1, 0.15) is 38.3 Å². The predicted octanol–water partition coefficient (Wildman–Crippen LogP) is 2.40. The first-order valence-electron chi connectivity index (χ1n) is 10.3. The molecule has 2 aromatic rings. The van der Waals surface area contributed by atoms with Crippen LogP contribution < -0.4 is 20.7 Å². The number of carbonyl (C=O) groups excluding carboxylic acids is 1. The third-order valence-electron chi connectivity index (χ3n) is 5.03. The fourth-order valence-electron chi connectivity index (χ4n) is 3.58. The monoisotopic (exact) mass is 434 g/mol. The van der Waals surface area contributed by atoms with Crippen LogP contribution in [0.4, 0.5) is 5.69 Å². The summed E-state index contributed by atoms with van der Waals surface area (Å²) in [5.74, 6) is -0.439. The number of aromatic carboxylic acids is 1. The van der Waals surface area contributed by atoms with Gasteiger partial charge in [-0.25, -0.2) is 4.79 Å². The Hall–Kier alpha value is -3.84. The van der Waals surface area contributed by atoms with Gasteiger partial charge >= 0.3 is 5.97 Å². The summed E-state index contributed by atoms with van der Waals surface area (Å²) in [7, 11) is 7.89. The average molecular weight is 435 g/mol. The first kappa shape index (κ1) is 22.8. The third-order valence-corrected chi connectivity index (χ3v) is 5.03. The number of fused-ring (bicyclic) bond motifs is 2. The van der Waals surface area contributed by atoms with Crippen LogP contribution in [-0.2, 0) is 0 Å². The van der Waals surface area contributed by atoms with Gasteiger partial charge in [0.1, 0.15) is 11.5 Å². The van der Waals surface area contributed by atoms with Crippen molar-refractivity contribution in [2.75, 3.05) is 33.1 Å². The van der Waals surface area contributed by atoms with Gasteiger partial charge in [-0.2, -0.15) is 0 Å². The van der Waals surface area contributed by atoms with E-state index < -0.39 is 11.9 Å². The molecule has 1 amide bonds. The van der Waals surface area contributed by atoms with Crippen LogP contribution in [0.2, 0.25) is 0 Å². The van der Waals surface area contributed by atoms with E-state index in [1.54, 1.807) is 12.1 Å². The molecule has 32 heavy (non-hydrogen) atoms. The standard InChI is InChI=1S/C23H20N2O4.C2H7N/c1-25(2)14-8-10-17-20(12-14)29-19-6-4-3-5-16(19)21(17)15-9-7-13(22(24)26)11-18(15)23(27)28;1-3-2/h3,5-12H,4H2,1-2H3,(H2,24,26)(H,27,28);3H,1-2H3/p+1.